The normalized spacial score (nSPS) is 19.4. The minimum absolute atomic E-state index is 0.356. The number of rotatable bonds is 5. The standard InChI is InChI=1S/C10H18N4O2S/c1-8-12-13-10(16-8)17-7-9(15)6-14-4-2-11-3-5-14/h9,11,15H,2-7H2,1H3. The van der Waals surface area contributed by atoms with Gasteiger partial charge in [0, 0.05) is 45.4 Å². The van der Waals surface area contributed by atoms with Gasteiger partial charge in [-0.2, -0.15) is 0 Å². The lowest BCUT2D eigenvalue weighted by molar-refractivity contribution is 0.121. The highest BCUT2D eigenvalue weighted by Gasteiger charge is 2.15. The van der Waals surface area contributed by atoms with Crippen LogP contribution >= 0.6 is 11.8 Å². The van der Waals surface area contributed by atoms with Crippen molar-refractivity contribution < 1.29 is 9.52 Å². The van der Waals surface area contributed by atoms with Gasteiger partial charge in [0.05, 0.1) is 6.10 Å². The summed E-state index contributed by atoms with van der Waals surface area (Å²) < 4.78 is 5.23. The van der Waals surface area contributed by atoms with Crippen molar-refractivity contribution in [2.24, 2.45) is 0 Å². The molecule has 1 aromatic heterocycles. The molecule has 0 bridgehead atoms. The van der Waals surface area contributed by atoms with Crippen LogP contribution in [0.15, 0.2) is 9.64 Å². The zero-order valence-electron chi connectivity index (χ0n) is 9.93. The predicted molar refractivity (Wildman–Crippen MR) is 65.1 cm³/mol. The molecule has 1 atom stereocenters. The summed E-state index contributed by atoms with van der Waals surface area (Å²) in [5.74, 6) is 1.15. The molecule has 2 rings (SSSR count). The summed E-state index contributed by atoms with van der Waals surface area (Å²) >= 11 is 1.41. The average Bonchev–Trinajstić information content (AvgIpc) is 2.74. The molecule has 96 valence electrons. The number of hydrogen-bond donors (Lipinski definition) is 2. The van der Waals surface area contributed by atoms with Gasteiger partial charge in [-0.15, -0.1) is 10.2 Å². The van der Waals surface area contributed by atoms with Crippen molar-refractivity contribution in [2.45, 2.75) is 18.3 Å². The highest BCUT2D eigenvalue weighted by atomic mass is 32.2. The third-order valence-electron chi connectivity index (χ3n) is 2.59. The van der Waals surface area contributed by atoms with Crippen molar-refractivity contribution in [3.05, 3.63) is 5.89 Å². The van der Waals surface area contributed by atoms with Gasteiger partial charge in [-0.1, -0.05) is 11.8 Å². The van der Waals surface area contributed by atoms with Gasteiger partial charge in [0.2, 0.25) is 5.89 Å². The van der Waals surface area contributed by atoms with Crippen LogP contribution in [0.1, 0.15) is 5.89 Å². The van der Waals surface area contributed by atoms with Gasteiger partial charge in [-0.05, 0) is 0 Å². The van der Waals surface area contributed by atoms with Crippen molar-refractivity contribution in [3.63, 3.8) is 0 Å². The zero-order chi connectivity index (χ0) is 12.1. The average molecular weight is 258 g/mol. The number of nitrogens with one attached hydrogen (secondary N) is 1. The van der Waals surface area contributed by atoms with Crippen LogP contribution in [0.2, 0.25) is 0 Å². The first-order chi connectivity index (χ1) is 8.24. The Bertz CT molecular complexity index is 341. The van der Waals surface area contributed by atoms with E-state index in [2.05, 4.69) is 20.4 Å². The second-order valence-electron chi connectivity index (χ2n) is 4.10. The Hall–Kier alpha value is -0.630. The molecule has 1 aliphatic heterocycles. The van der Waals surface area contributed by atoms with Crippen LogP contribution in [0.4, 0.5) is 0 Å². The number of aliphatic hydroxyl groups is 1. The summed E-state index contributed by atoms with van der Waals surface area (Å²) in [5, 5.41) is 21.3. The Morgan fingerprint density at radius 1 is 1.47 bits per heavy atom. The number of nitrogens with zero attached hydrogens (tertiary/aromatic N) is 3. The van der Waals surface area contributed by atoms with E-state index in [9.17, 15) is 5.11 Å². The quantitative estimate of drug-likeness (QED) is 0.705. The Morgan fingerprint density at radius 3 is 2.88 bits per heavy atom. The van der Waals surface area contributed by atoms with Crippen LogP contribution in [0, 0.1) is 6.92 Å². The van der Waals surface area contributed by atoms with Crippen molar-refractivity contribution in [3.8, 4) is 0 Å². The lowest BCUT2D eigenvalue weighted by Crippen LogP contribution is -2.46. The molecule has 2 N–H and O–H groups in total. The minimum Gasteiger partial charge on any atom is -0.416 e. The van der Waals surface area contributed by atoms with Crippen molar-refractivity contribution in [2.75, 3.05) is 38.5 Å². The number of thioether (sulfide) groups is 1. The van der Waals surface area contributed by atoms with E-state index < -0.39 is 0 Å². The molecule has 2 heterocycles. The Labute approximate surface area is 105 Å². The maximum atomic E-state index is 9.90. The SMILES string of the molecule is Cc1nnc(SCC(O)CN2CCNCC2)o1. The van der Waals surface area contributed by atoms with Crippen molar-refractivity contribution >= 4 is 11.8 Å². The third kappa shape index (κ3) is 4.27. The summed E-state index contributed by atoms with van der Waals surface area (Å²) in [5.41, 5.74) is 0. The Balaban J connectivity index is 1.68. The first-order valence-electron chi connectivity index (χ1n) is 5.78. The fourth-order valence-electron chi connectivity index (χ4n) is 1.75. The van der Waals surface area contributed by atoms with Crippen LogP contribution in [0.5, 0.6) is 0 Å². The van der Waals surface area contributed by atoms with Crippen LogP contribution in [0.25, 0.3) is 0 Å². The third-order valence-corrected chi connectivity index (χ3v) is 3.55. The fourth-order valence-corrected chi connectivity index (χ4v) is 2.47. The number of aromatic nitrogens is 2. The molecule has 0 spiro atoms. The second-order valence-corrected chi connectivity index (χ2v) is 5.07. The molecule has 0 aromatic carbocycles. The summed E-state index contributed by atoms with van der Waals surface area (Å²) in [6.45, 7) is 6.48. The van der Waals surface area contributed by atoms with Gasteiger partial charge >= 0.3 is 0 Å². The van der Waals surface area contributed by atoms with Gasteiger partial charge < -0.3 is 14.8 Å². The van der Waals surface area contributed by atoms with Crippen LogP contribution in [-0.4, -0.2) is 64.8 Å². The maximum absolute atomic E-state index is 9.90. The summed E-state index contributed by atoms with van der Waals surface area (Å²) in [6.07, 6.45) is -0.356. The highest BCUT2D eigenvalue weighted by molar-refractivity contribution is 7.99. The molecular formula is C10H18N4O2S. The van der Waals surface area contributed by atoms with E-state index in [0.29, 0.717) is 23.4 Å². The fraction of sp³-hybridized carbons (Fsp3) is 0.800. The smallest absolute Gasteiger partial charge is 0.276 e. The molecule has 0 amide bonds. The van der Waals surface area contributed by atoms with Gasteiger partial charge in [-0.25, -0.2) is 0 Å². The number of aryl methyl sites for hydroxylation is 1. The largest absolute Gasteiger partial charge is 0.416 e. The molecule has 7 heteroatoms. The molecule has 1 fully saturated rings. The molecule has 1 aromatic rings. The number of hydrogen-bond acceptors (Lipinski definition) is 7. The van der Waals surface area contributed by atoms with Crippen molar-refractivity contribution in [1.82, 2.24) is 20.4 Å². The lowest BCUT2D eigenvalue weighted by Gasteiger charge is -2.28. The molecule has 0 aliphatic carbocycles. The molecular weight excluding hydrogens is 240 g/mol. The Morgan fingerprint density at radius 2 is 2.24 bits per heavy atom. The van der Waals surface area contributed by atoms with Crippen LogP contribution in [0.3, 0.4) is 0 Å². The molecule has 0 saturated carbocycles. The van der Waals surface area contributed by atoms with E-state index >= 15 is 0 Å². The van der Waals surface area contributed by atoms with E-state index in [4.69, 9.17) is 4.42 Å². The van der Waals surface area contributed by atoms with Gasteiger partial charge in [0.15, 0.2) is 0 Å². The lowest BCUT2D eigenvalue weighted by atomic mass is 10.3. The number of β-amino-alcohol motifs (C(OH)–C–C–N with tert-alkyl or cyclic N) is 1. The van der Waals surface area contributed by atoms with Gasteiger partial charge in [0.25, 0.3) is 5.22 Å². The van der Waals surface area contributed by atoms with Gasteiger partial charge in [0.1, 0.15) is 0 Å². The van der Waals surface area contributed by atoms with E-state index in [-0.39, 0.29) is 6.10 Å². The summed E-state index contributed by atoms with van der Waals surface area (Å²) in [6, 6.07) is 0. The maximum Gasteiger partial charge on any atom is 0.276 e. The first kappa shape index (κ1) is 12.8. The Kier molecular flexibility index (Phi) is 4.78. The van der Waals surface area contributed by atoms with E-state index in [1.54, 1.807) is 6.92 Å². The van der Waals surface area contributed by atoms with Crippen molar-refractivity contribution in [1.29, 1.82) is 0 Å². The number of aliphatic hydroxyl groups excluding tert-OH is 1. The molecule has 1 unspecified atom stereocenters. The van der Waals surface area contributed by atoms with Crippen LogP contribution in [-0.2, 0) is 0 Å². The molecule has 17 heavy (non-hydrogen) atoms. The van der Waals surface area contributed by atoms with E-state index in [1.165, 1.54) is 11.8 Å². The predicted octanol–water partition coefficient (Wildman–Crippen LogP) is -0.264. The number of piperazine rings is 1. The first-order valence-corrected chi connectivity index (χ1v) is 6.76. The van der Waals surface area contributed by atoms with Crippen LogP contribution < -0.4 is 5.32 Å². The molecule has 1 aliphatic rings. The second kappa shape index (κ2) is 6.34. The monoisotopic (exact) mass is 258 g/mol. The zero-order valence-corrected chi connectivity index (χ0v) is 10.7. The topological polar surface area (TPSA) is 74.4 Å². The summed E-state index contributed by atoms with van der Waals surface area (Å²) in [4.78, 5) is 2.26. The summed E-state index contributed by atoms with van der Waals surface area (Å²) in [7, 11) is 0. The van der Waals surface area contributed by atoms with E-state index in [1.807, 2.05) is 0 Å². The minimum atomic E-state index is -0.356. The van der Waals surface area contributed by atoms with E-state index in [0.717, 1.165) is 26.2 Å². The molecule has 1 saturated heterocycles. The molecule has 0 radical (unpaired) electrons. The highest BCUT2D eigenvalue weighted by Crippen LogP contribution is 2.16. The van der Waals surface area contributed by atoms with Gasteiger partial charge in [-0.3, -0.25) is 4.90 Å². The molecule has 6 nitrogen and oxygen atoms in total.